The van der Waals surface area contributed by atoms with Crippen LogP contribution in [-0.4, -0.2) is 107 Å². The summed E-state index contributed by atoms with van der Waals surface area (Å²) in [6.45, 7) is 6.89. The van der Waals surface area contributed by atoms with Crippen LogP contribution in [0, 0.1) is 0 Å². The zero-order chi connectivity index (χ0) is 22.8. The van der Waals surface area contributed by atoms with Crippen molar-refractivity contribution in [3.8, 4) is 0 Å². The van der Waals surface area contributed by atoms with Gasteiger partial charge < -0.3 is 9.80 Å². The second kappa shape index (κ2) is 9.51. The summed E-state index contributed by atoms with van der Waals surface area (Å²) >= 11 is 0. The Hall–Kier alpha value is -1.57. The number of hydrogen-bond donors (Lipinski definition) is 1. The second-order valence-electron chi connectivity index (χ2n) is 8.20. The van der Waals surface area contributed by atoms with Gasteiger partial charge in [0.1, 0.15) is 0 Å². The summed E-state index contributed by atoms with van der Waals surface area (Å²) in [4.78, 5) is 16.6. The average molecular weight is 474 g/mol. The van der Waals surface area contributed by atoms with Crippen molar-refractivity contribution in [2.75, 3.05) is 59.4 Å². The van der Waals surface area contributed by atoms with Gasteiger partial charge in [0.25, 0.3) is 16.1 Å². The molecule has 174 valence electrons. The molecule has 2 fully saturated rings. The summed E-state index contributed by atoms with van der Waals surface area (Å²) in [5.41, 5.74) is 0.374. The Bertz CT molecular complexity index is 979. The maximum atomic E-state index is 12.9. The number of rotatable bonds is 6. The molecule has 2 saturated heterocycles. The lowest BCUT2D eigenvalue weighted by Crippen LogP contribution is -2.57. The Labute approximate surface area is 185 Å². The van der Waals surface area contributed by atoms with Gasteiger partial charge in [0, 0.05) is 64.0 Å². The van der Waals surface area contributed by atoms with Crippen LogP contribution >= 0.6 is 0 Å². The van der Waals surface area contributed by atoms with Gasteiger partial charge >= 0.3 is 0 Å². The van der Waals surface area contributed by atoms with E-state index in [-0.39, 0.29) is 29.9 Å². The van der Waals surface area contributed by atoms with Gasteiger partial charge in [0.2, 0.25) is 10.0 Å². The minimum Gasteiger partial charge on any atom is -0.336 e. The normalized spacial score (nSPS) is 20.3. The van der Waals surface area contributed by atoms with E-state index in [1.165, 1.54) is 32.9 Å². The summed E-state index contributed by atoms with van der Waals surface area (Å²) in [5.74, 6) is -0.239. The third-order valence-electron chi connectivity index (χ3n) is 5.44. The smallest absolute Gasteiger partial charge is 0.282 e. The molecule has 12 heteroatoms. The summed E-state index contributed by atoms with van der Waals surface area (Å²) in [6.07, 6.45) is 0. The van der Waals surface area contributed by atoms with Gasteiger partial charge in [-0.2, -0.15) is 17.0 Å². The van der Waals surface area contributed by atoms with Crippen LogP contribution in [0.25, 0.3) is 0 Å². The number of nitrogens with one attached hydrogen (secondary N) is 1. The highest BCUT2D eigenvalue weighted by molar-refractivity contribution is 7.89. The first-order valence-electron chi connectivity index (χ1n) is 10.4. The van der Waals surface area contributed by atoms with E-state index in [1.54, 1.807) is 18.7 Å². The van der Waals surface area contributed by atoms with E-state index in [1.807, 2.05) is 7.05 Å². The molecule has 1 N–H and O–H groups in total. The van der Waals surface area contributed by atoms with Crippen LogP contribution < -0.4 is 4.72 Å². The van der Waals surface area contributed by atoms with Gasteiger partial charge in [0.15, 0.2) is 0 Å². The first-order chi connectivity index (χ1) is 14.5. The molecule has 0 unspecified atom stereocenters. The molecular formula is C19H31N5O5S2. The van der Waals surface area contributed by atoms with Crippen LogP contribution in [0.2, 0.25) is 0 Å². The van der Waals surface area contributed by atoms with Gasteiger partial charge in [-0.15, -0.1) is 0 Å². The highest BCUT2D eigenvalue weighted by Crippen LogP contribution is 2.17. The number of sulfonamides is 1. The molecule has 0 radical (unpaired) electrons. The third-order valence-corrected chi connectivity index (χ3v) is 9.15. The van der Waals surface area contributed by atoms with Gasteiger partial charge in [-0.3, -0.25) is 4.79 Å². The first-order valence-corrected chi connectivity index (χ1v) is 13.2. The number of piperazine rings is 2. The molecule has 0 spiro atoms. The molecule has 31 heavy (non-hydrogen) atoms. The third kappa shape index (κ3) is 5.62. The predicted octanol–water partition coefficient (Wildman–Crippen LogP) is -0.377. The molecule has 2 heterocycles. The Balaban J connectivity index is 1.60. The summed E-state index contributed by atoms with van der Waals surface area (Å²) in [6, 6.07) is 5.57. The standard InChI is InChI=1S/C19H31N5O5S2/c1-16(2)20-30(26,27)18-6-4-17(5-7-18)19(25)22-10-14-24(15-11-22)31(28,29)23-12-8-21(3)9-13-23/h4-7,16,20H,8-15H2,1-3H3. The largest absolute Gasteiger partial charge is 0.336 e. The van der Waals surface area contributed by atoms with Crippen LogP contribution in [-0.2, 0) is 20.2 Å². The van der Waals surface area contributed by atoms with Crippen molar-refractivity contribution in [1.82, 2.24) is 23.1 Å². The van der Waals surface area contributed by atoms with Crippen molar-refractivity contribution < 1.29 is 21.6 Å². The van der Waals surface area contributed by atoms with E-state index in [9.17, 15) is 21.6 Å². The Morgan fingerprint density at radius 1 is 0.839 bits per heavy atom. The van der Waals surface area contributed by atoms with Crippen molar-refractivity contribution in [3.05, 3.63) is 29.8 Å². The number of nitrogens with zero attached hydrogens (tertiary/aromatic N) is 4. The minimum atomic E-state index is -3.62. The zero-order valence-corrected chi connectivity index (χ0v) is 19.8. The molecule has 1 amide bonds. The first kappa shape index (κ1) is 24.1. The molecule has 2 aliphatic heterocycles. The van der Waals surface area contributed by atoms with Gasteiger partial charge in [0.05, 0.1) is 4.90 Å². The molecule has 0 aliphatic carbocycles. The van der Waals surface area contributed by atoms with Crippen molar-refractivity contribution >= 4 is 26.1 Å². The quantitative estimate of drug-likeness (QED) is 0.603. The number of amides is 1. The van der Waals surface area contributed by atoms with Crippen LogP contribution in [0.1, 0.15) is 24.2 Å². The van der Waals surface area contributed by atoms with Crippen LogP contribution in [0.4, 0.5) is 0 Å². The van der Waals surface area contributed by atoms with Crippen LogP contribution in [0.5, 0.6) is 0 Å². The summed E-state index contributed by atoms with van der Waals surface area (Å²) in [5, 5.41) is 0. The molecular weight excluding hydrogens is 442 g/mol. The van der Waals surface area contributed by atoms with Crippen molar-refractivity contribution in [2.24, 2.45) is 0 Å². The van der Waals surface area contributed by atoms with E-state index in [4.69, 9.17) is 0 Å². The topological polar surface area (TPSA) is 110 Å². The Morgan fingerprint density at radius 3 is 1.81 bits per heavy atom. The predicted molar refractivity (Wildman–Crippen MR) is 117 cm³/mol. The Morgan fingerprint density at radius 2 is 1.32 bits per heavy atom. The van der Waals surface area contributed by atoms with E-state index < -0.39 is 20.2 Å². The second-order valence-corrected chi connectivity index (χ2v) is 11.8. The van der Waals surface area contributed by atoms with Gasteiger partial charge in [-0.05, 0) is 45.2 Å². The van der Waals surface area contributed by atoms with Crippen LogP contribution in [0.15, 0.2) is 29.2 Å². The molecule has 0 atom stereocenters. The number of carbonyl (C=O) groups is 1. The van der Waals surface area contributed by atoms with Gasteiger partial charge in [-0.25, -0.2) is 13.1 Å². The van der Waals surface area contributed by atoms with Crippen molar-refractivity contribution in [3.63, 3.8) is 0 Å². The van der Waals surface area contributed by atoms with Crippen molar-refractivity contribution in [2.45, 2.75) is 24.8 Å². The lowest BCUT2D eigenvalue weighted by atomic mass is 10.2. The number of carbonyl (C=O) groups excluding carboxylic acids is 1. The summed E-state index contributed by atoms with van der Waals surface area (Å²) in [7, 11) is -5.18. The SMILES string of the molecule is CC(C)NS(=O)(=O)c1ccc(C(=O)N2CCN(S(=O)(=O)N3CCN(C)CC3)CC2)cc1. The molecule has 1 aromatic rings. The zero-order valence-electron chi connectivity index (χ0n) is 18.2. The number of hydrogen-bond acceptors (Lipinski definition) is 6. The lowest BCUT2D eigenvalue weighted by molar-refractivity contribution is 0.0692. The number of likely N-dealkylation sites (N-methyl/N-ethyl adjacent to an activating group) is 1. The molecule has 0 saturated carbocycles. The molecule has 1 aromatic carbocycles. The maximum Gasteiger partial charge on any atom is 0.282 e. The molecule has 3 rings (SSSR count). The highest BCUT2D eigenvalue weighted by atomic mass is 32.2. The fraction of sp³-hybridized carbons (Fsp3) is 0.632. The molecule has 2 aliphatic rings. The minimum absolute atomic E-state index is 0.0980. The monoisotopic (exact) mass is 473 g/mol. The molecule has 10 nitrogen and oxygen atoms in total. The Kier molecular flexibility index (Phi) is 7.39. The van der Waals surface area contributed by atoms with E-state index in [0.717, 1.165) is 0 Å². The fourth-order valence-corrected chi connectivity index (χ4v) is 6.47. The van der Waals surface area contributed by atoms with E-state index in [0.29, 0.717) is 44.8 Å². The maximum absolute atomic E-state index is 12.9. The van der Waals surface area contributed by atoms with Crippen molar-refractivity contribution in [1.29, 1.82) is 0 Å². The fourth-order valence-electron chi connectivity index (χ4n) is 3.64. The highest BCUT2D eigenvalue weighted by Gasteiger charge is 2.34. The van der Waals surface area contributed by atoms with Crippen LogP contribution in [0.3, 0.4) is 0 Å². The molecule has 0 bridgehead atoms. The number of benzene rings is 1. The van der Waals surface area contributed by atoms with Gasteiger partial charge in [-0.1, -0.05) is 0 Å². The van der Waals surface area contributed by atoms with E-state index >= 15 is 0 Å². The lowest BCUT2D eigenvalue weighted by Gasteiger charge is -2.39. The molecule has 0 aromatic heterocycles. The summed E-state index contributed by atoms with van der Waals surface area (Å²) < 4.78 is 55.6. The average Bonchev–Trinajstić information content (AvgIpc) is 2.73. The van der Waals surface area contributed by atoms with E-state index in [2.05, 4.69) is 9.62 Å².